The number of allylic oxidation sites excluding steroid dienone is 2. The molecule has 126 valence electrons. The van der Waals surface area contributed by atoms with E-state index in [2.05, 4.69) is 10.3 Å². The van der Waals surface area contributed by atoms with Gasteiger partial charge in [-0.15, -0.1) is 0 Å². The van der Waals surface area contributed by atoms with Crippen LogP contribution in [0.25, 0.3) is 0 Å². The molecule has 2 heterocycles. The summed E-state index contributed by atoms with van der Waals surface area (Å²) in [7, 11) is 0. The molecule has 4 nitrogen and oxygen atoms in total. The van der Waals surface area contributed by atoms with Crippen LogP contribution in [0.2, 0.25) is 0 Å². The fourth-order valence-corrected chi connectivity index (χ4v) is 2.96. The van der Waals surface area contributed by atoms with Crippen LogP contribution in [0.3, 0.4) is 0 Å². The highest BCUT2D eigenvalue weighted by Gasteiger charge is 2.27. The summed E-state index contributed by atoms with van der Waals surface area (Å²) in [5.74, 6) is -0.812. The van der Waals surface area contributed by atoms with Gasteiger partial charge in [-0.05, 0) is 51.3 Å². The quantitative estimate of drug-likeness (QED) is 0.931. The average molecular weight is 331 g/mol. The molecule has 24 heavy (non-hydrogen) atoms. The number of fused-ring (bicyclic) bond motifs is 1. The molecule has 0 aliphatic carbocycles. The minimum atomic E-state index is -0.609. The van der Waals surface area contributed by atoms with Crippen LogP contribution in [0, 0.1) is 11.6 Å². The Bertz CT molecular complexity index is 862. The Labute approximate surface area is 138 Å². The third-order valence-electron chi connectivity index (χ3n) is 4.35. The molecule has 1 atom stereocenters. The molecule has 1 aromatic carbocycles. The summed E-state index contributed by atoms with van der Waals surface area (Å²) in [6.45, 7) is 5.80. The highest BCUT2D eigenvalue weighted by atomic mass is 19.1. The van der Waals surface area contributed by atoms with E-state index >= 15 is 0 Å². The van der Waals surface area contributed by atoms with Crippen LogP contribution in [-0.2, 0) is 6.42 Å². The van der Waals surface area contributed by atoms with E-state index in [-0.39, 0.29) is 11.6 Å². The Hall–Kier alpha value is -2.50. The van der Waals surface area contributed by atoms with Gasteiger partial charge in [0.15, 0.2) is 0 Å². The summed E-state index contributed by atoms with van der Waals surface area (Å²) in [5, 5.41) is 3.16. The zero-order chi connectivity index (χ0) is 17.4. The highest BCUT2D eigenvalue weighted by molar-refractivity contribution is 5.41. The minimum Gasteiger partial charge on any atom is -0.330 e. The number of nitrogens with zero attached hydrogens (tertiary/aromatic N) is 2. The van der Waals surface area contributed by atoms with E-state index < -0.39 is 11.6 Å². The Kier molecular flexibility index (Phi) is 4.22. The first-order chi connectivity index (χ1) is 11.3. The van der Waals surface area contributed by atoms with Crippen LogP contribution in [0.5, 0.6) is 0 Å². The first-order valence-corrected chi connectivity index (χ1v) is 7.84. The van der Waals surface area contributed by atoms with Crippen LogP contribution in [0.4, 0.5) is 14.7 Å². The number of rotatable bonds is 3. The number of hydrogen-bond donors (Lipinski definition) is 1. The second-order valence-corrected chi connectivity index (χ2v) is 6.29. The molecule has 1 aliphatic rings. The van der Waals surface area contributed by atoms with Gasteiger partial charge in [-0.2, -0.15) is 4.98 Å². The zero-order valence-corrected chi connectivity index (χ0v) is 13.9. The molecule has 1 N–H and O–H groups in total. The second kappa shape index (κ2) is 6.19. The Balaban J connectivity index is 2.12. The van der Waals surface area contributed by atoms with E-state index in [0.29, 0.717) is 24.4 Å². The highest BCUT2D eigenvalue weighted by Crippen LogP contribution is 2.34. The lowest BCUT2D eigenvalue weighted by Crippen LogP contribution is -2.20. The molecule has 1 aliphatic heterocycles. The van der Waals surface area contributed by atoms with Crippen LogP contribution >= 0.6 is 0 Å². The molecule has 1 unspecified atom stereocenters. The summed E-state index contributed by atoms with van der Waals surface area (Å²) in [5.41, 5.74) is 2.98. The number of aryl methyl sites for hydroxylation is 1. The molecule has 1 aromatic heterocycles. The van der Waals surface area contributed by atoms with Crippen molar-refractivity contribution in [2.45, 2.75) is 39.7 Å². The maximum atomic E-state index is 13.6. The summed E-state index contributed by atoms with van der Waals surface area (Å²) in [4.78, 5) is 15.9. The number of anilines is 1. The van der Waals surface area contributed by atoms with Gasteiger partial charge in [0.1, 0.15) is 11.6 Å². The number of nitrogens with one attached hydrogen (secondary N) is 1. The average Bonchev–Trinajstić information content (AvgIpc) is 2.89. The number of hydrogen-bond acceptors (Lipinski definition) is 3. The third-order valence-corrected chi connectivity index (χ3v) is 4.35. The lowest BCUT2D eigenvalue weighted by atomic mass is 10.0. The minimum absolute atomic E-state index is 0.259. The van der Waals surface area contributed by atoms with Gasteiger partial charge < -0.3 is 9.88 Å². The van der Waals surface area contributed by atoms with E-state index in [4.69, 9.17) is 0 Å². The second-order valence-electron chi connectivity index (χ2n) is 6.29. The van der Waals surface area contributed by atoms with E-state index in [1.54, 1.807) is 0 Å². The summed E-state index contributed by atoms with van der Waals surface area (Å²) >= 11 is 0. The third kappa shape index (κ3) is 3.09. The van der Waals surface area contributed by atoms with Gasteiger partial charge >= 0.3 is 0 Å². The SMILES string of the molecule is CC(C)=C(C)Nc1nc(=O)cc2n1C(c1cc(F)cc(F)c1)CC2. The molecule has 2 aromatic rings. The summed E-state index contributed by atoms with van der Waals surface area (Å²) in [6.07, 6.45) is 1.32. The predicted octanol–water partition coefficient (Wildman–Crippen LogP) is 3.78. The topological polar surface area (TPSA) is 46.9 Å². The van der Waals surface area contributed by atoms with Crippen molar-refractivity contribution in [2.75, 3.05) is 5.32 Å². The molecule has 3 rings (SSSR count). The Morgan fingerprint density at radius 1 is 1.17 bits per heavy atom. The van der Waals surface area contributed by atoms with Crippen molar-refractivity contribution in [1.82, 2.24) is 9.55 Å². The molecular formula is C18H19F2N3O. The van der Waals surface area contributed by atoms with Crippen molar-refractivity contribution in [1.29, 1.82) is 0 Å². The molecule has 0 amide bonds. The zero-order valence-electron chi connectivity index (χ0n) is 13.9. The van der Waals surface area contributed by atoms with Crippen molar-refractivity contribution < 1.29 is 8.78 Å². The lowest BCUT2D eigenvalue weighted by Gasteiger charge is -2.21. The smallest absolute Gasteiger partial charge is 0.274 e. The van der Waals surface area contributed by atoms with Gasteiger partial charge in [0.05, 0.1) is 6.04 Å². The molecule has 0 bridgehead atoms. The van der Waals surface area contributed by atoms with Gasteiger partial charge in [0.2, 0.25) is 5.95 Å². The fraction of sp³-hybridized carbons (Fsp3) is 0.333. The largest absolute Gasteiger partial charge is 0.330 e. The molecule has 0 spiro atoms. The number of aromatic nitrogens is 2. The molecule has 0 saturated heterocycles. The predicted molar refractivity (Wildman–Crippen MR) is 89.0 cm³/mol. The number of halogens is 2. The monoisotopic (exact) mass is 331 g/mol. The van der Waals surface area contributed by atoms with Crippen molar-refractivity contribution >= 4 is 5.95 Å². The standard InChI is InChI=1S/C18H19F2N3O/c1-10(2)11(3)21-18-22-17(24)9-15-4-5-16(23(15)18)12-6-13(19)8-14(20)7-12/h6-9,16H,4-5H2,1-3H3,(H,21,22,24). The molecule has 0 saturated carbocycles. The first kappa shape index (κ1) is 16.4. The Morgan fingerprint density at radius 2 is 1.83 bits per heavy atom. The molecule has 6 heteroatoms. The molecule has 0 radical (unpaired) electrons. The van der Waals surface area contributed by atoms with E-state index in [9.17, 15) is 13.6 Å². The molecular weight excluding hydrogens is 312 g/mol. The van der Waals surface area contributed by atoms with E-state index in [1.165, 1.54) is 18.2 Å². The fourth-order valence-electron chi connectivity index (χ4n) is 2.96. The van der Waals surface area contributed by atoms with Crippen molar-refractivity contribution in [3.63, 3.8) is 0 Å². The summed E-state index contributed by atoms with van der Waals surface area (Å²) < 4.78 is 29.1. The maximum absolute atomic E-state index is 13.6. The van der Waals surface area contributed by atoms with Crippen LogP contribution in [0.15, 0.2) is 40.3 Å². The van der Waals surface area contributed by atoms with Gasteiger partial charge in [-0.25, -0.2) is 8.78 Å². The normalized spacial score (nSPS) is 16.0. The van der Waals surface area contributed by atoms with Crippen molar-refractivity contribution in [3.05, 3.63) is 68.8 Å². The number of benzene rings is 1. The van der Waals surface area contributed by atoms with Gasteiger partial charge in [0, 0.05) is 23.5 Å². The lowest BCUT2D eigenvalue weighted by molar-refractivity contribution is 0.558. The van der Waals surface area contributed by atoms with E-state index in [0.717, 1.165) is 23.0 Å². The summed E-state index contributed by atoms with van der Waals surface area (Å²) in [6, 6.07) is 4.75. The van der Waals surface area contributed by atoms with Crippen LogP contribution in [-0.4, -0.2) is 9.55 Å². The van der Waals surface area contributed by atoms with Gasteiger partial charge in [0.25, 0.3) is 5.56 Å². The first-order valence-electron chi connectivity index (χ1n) is 7.84. The van der Waals surface area contributed by atoms with Crippen molar-refractivity contribution in [2.24, 2.45) is 0 Å². The maximum Gasteiger partial charge on any atom is 0.274 e. The van der Waals surface area contributed by atoms with Gasteiger partial charge in [-0.3, -0.25) is 4.79 Å². The van der Waals surface area contributed by atoms with Crippen LogP contribution < -0.4 is 10.9 Å². The van der Waals surface area contributed by atoms with E-state index in [1.807, 2.05) is 25.3 Å². The van der Waals surface area contributed by atoms with Crippen LogP contribution in [0.1, 0.15) is 44.5 Å². The Morgan fingerprint density at radius 3 is 2.46 bits per heavy atom. The van der Waals surface area contributed by atoms with Gasteiger partial charge in [-0.1, -0.05) is 5.57 Å². The molecule has 0 fully saturated rings. The van der Waals surface area contributed by atoms with Crippen molar-refractivity contribution in [3.8, 4) is 0 Å².